The van der Waals surface area contributed by atoms with E-state index in [0.717, 1.165) is 11.9 Å². The number of hydrogen-bond acceptors (Lipinski definition) is 8. The minimum absolute atomic E-state index is 0.181. The van der Waals surface area contributed by atoms with Crippen LogP contribution in [-0.2, 0) is 19.1 Å². The summed E-state index contributed by atoms with van der Waals surface area (Å²) in [5, 5.41) is 13.2. The quantitative estimate of drug-likeness (QED) is 0.183. The van der Waals surface area contributed by atoms with Gasteiger partial charge in [-0.1, -0.05) is 60.2 Å². The molecule has 0 bridgehead atoms. The van der Waals surface area contributed by atoms with E-state index in [2.05, 4.69) is 5.18 Å². The largest absolute Gasteiger partial charge is 0.458 e. The summed E-state index contributed by atoms with van der Waals surface area (Å²) in [6.45, 7) is 5.51. The lowest BCUT2D eigenvalue weighted by molar-refractivity contribution is -0.144. The lowest BCUT2D eigenvalue weighted by Gasteiger charge is -2.22. The number of carbonyl (C=O) groups excluding carboxylic acids is 3. The van der Waals surface area contributed by atoms with Gasteiger partial charge in [0.1, 0.15) is 24.5 Å². The Bertz CT molecular complexity index is 889. The molecular formula is C27H38N2O7. The molecule has 5 unspecified atom stereocenters. The van der Waals surface area contributed by atoms with Gasteiger partial charge >= 0.3 is 12.1 Å². The zero-order valence-corrected chi connectivity index (χ0v) is 21.2. The van der Waals surface area contributed by atoms with Gasteiger partial charge in [-0.3, -0.25) is 4.79 Å². The van der Waals surface area contributed by atoms with Crippen LogP contribution in [-0.4, -0.2) is 47.8 Å². The van der Waals surface area contributed by atoms with Gasteiger partial charge in [0.15, 0.2) is 0 Å². The smallest absolute Gasteiger partial charge is 0.404 e. The molecule has 0 saturated heterocycles. The molecule has 9 nitrogen and oxygen atoms in total. The van der Waals surface area contributed by atoms with Gasteiger partial charge in [0.05, 0.1) is 6.10 Å². The molecule has 0 aromatic rings. The fourth-order valence-electron chi connectivity index (χ4n) is 3.70. The highest BCUT2D eigenvalue weighted by Gasteiger charge is 2.23. The van der Waals surface area contributed by atoms with Gasteiger partial charge in [-0.25, -0.2) is 9.59 Å². The molecule has 0 aromatic carbocycles. The van der Waals surface area contributed by atoms with Gasteiger partial charge in [-0.2, -0.15) is 4.91 Å². The molecule has 1 aliphatic heterocycles. The number of allylic oxidation sites excluding steroid dienone is 5. The van der Waals surface area contributed by atoms with Crippen LogP contribution in [0.25, 0.3) is 0 Å². The zero-order chi connectivity index (χ0) is 26.9. The van der Waals surface area contributed by atoms with Gasteiger partial charge in [0.25, 0.3) is 0 Å². The standard InChI is InChI=1S/C27H38N2O7/c1-19-10-6-4-8-12-24(36-27(28)33)23(29-34)15-14-22(31)11-7-5-9-13-26(32)35-25(17-19)21(3)16-20(2)18-30/h4,6,9-10,13-16,18,21-25,31H,5,7-8,11-12,17H2,1-3H3,(H2,28,33)/b6-4+,13-9+,15-14+,19-10+,20-16+. The average molecular weight is 503 g/mol. The summed E-state index contributed by atoms with van der Waals surface area (Å²) in [5.74, 6) is -0.651. The average Bonchev–Trinajstić information content (AvgIpc) is 2.82. The van der Waals surface area contributed by atoms with E-state index in [1.165, 1.54) is 18.2 Å². The highest BCUT2D eigenvalue weighted by Crippen LogP contribution is 2.20. The first-order chi connectivity index (χ1) is 17.2. The molecule has 0 aromatic heterocycles. The molecule has 1 heterocycles. The molecule has 5 atom stereocenters. The van der Waals surface area contributed by atoms with Crippen molar-refractivity contribution in [3.05, 3.63) is 64.7 Å². The summed E-state index contributed by atoms with van der Waals surface area (Å²) in [6, 6.07) is -0.983. The molecule has 1 aliphatic rings. The number of ether oxygens (including phenoxy) is 2. The molecule has 0 radical (unpaired) electrons. The van der Waals surface area contributed by atoms with Gasteiger partial charge in [-0.15, -0.1) is 0 Å². The lowest BCUT2D eigenvalue weighted by atomic mass is 9.96. The Labute approximate surface area is 212 Å². The fourth-order valence-corrected chi connectivity index (χ4v) is 3.70. The Balaban J connectivity index is 3.13. The number of aliphatic hydroxyl groups excluding tert-OH is 1. The Morgan fingerprint density at radius 3 is 2.69 bits per heavy atom. The Hall–Kier alpha value is -3.33. The number of cyclic esters (lactones) is 1. The van der Waals surface area contributed by atoms with E-state index in [9.17, 15) is 24.4 Å². The van der Waals surface area contributed by atoms with Crippen molar-refractivity contribution in [1.29, 1.82) is 0 Å². The first kappa shape index (κ1) is 30.7. The van der Waals surface area contributed by atoms with Gasteiger partial charge < -0.3 is 20.3 Å². The van der Waals surface area contributed by atoms with E-state index in [1.807, 2.05) is 32.1 Å². The van der Waals surface area contributed by atoms with E-state index >= 15 is 0 Å². The van der Waals surface area contributed by atoms with Crippen LogP contribution in [0.2, 0.25) is 0 Å². The highest BCUT2D eigenvalue weighted by molar-refractivity contribution is 5.82. The number of hydrogen-bond donors (Lipinski definition) is 2. The van der Waals surface area contributed by atoms with Crippen LogP contribution in [0.3, 0.4) is 0 Å². The number of nitrogens with zero attached hydrogens (tertiary/aromatic N) is 1. The van der Waals surface area contributed by atoms with Crippen molar-refractivity contribution >= 4 is 18.3 Å². The third kappa shape index (κ3) is 12.9. The maximum Gasteiger partial charge on any atom is 0.404 e. The third-order valence-corrected chi connectivity index (χ3v) is 5.65. The van der Waals surface area contributed by atoms with Crippen molar-refractivity contribution in [1.82, 2.24) is 0 Å². The van der Waals surface area contributed by atoms with Crippen molar-refractivity contribution in [3.8, 4) is 0 Å². The summed E-state index contributed by atoms with van der Waals surface area (Å²) in [6.07, 6.45) is 13.6. The molecule has 0 aliphatic carbocycles. The number of nitroso groups, excluding NO2 is 1. The Morgan fingerprint density at radius 1 is 1.28 bits per heavy atom. The molecular weight excluding hydrogens is 464 g/mol. The monoisotopic (exact) mass is 502 g/mol. The van der Waals surface area contributed by atoms with Crippen molar-refractivity contribution in [2.75, 3.05) is 0 Å². The summed E-state index contributed by atoms with van der Waals surface area (Å²) < 4.78 is 10.8. The van der Waals surface area contributed by atoms with E-state index in [-0.39, 0.29) is 5.92 Å². The first-order valence-electron chi connectivity index (χ1n) is 12.1. The highest BCUT2D eigenvalue weighted by atomic mass is 16.6. The zero-order valence-electron chi connectivity index (χ0n) is 21.2. The van der Waals surface area contributed by atoms with E-state index in [1.54, 1.807) is 19.1 Å². The normalized spacial score (nSPS) is 30.4. The van der Waals surface area contributed by atoms with Crippen LogP contribution in [0.4, 0.5) is 4.79 Å². The molecule has 9 heteroatoms. The molecule has 1 rings (SSSR count). The van der Waals surface area contributed by atoms with Gasteiger partial charge in [-0.05, 0) is 51.5 Å². The number of aldehydes is 1. The number of amides is 1. The second-order valence-corrected chi connectivity index (χ2v) is 8.94. The summed E-state index contributed by atoms with van der Waals surface area (Å²) in [5.41, 5.74) is 6.68. The predicted molar refractivity (Wildman–Crippen MR) is 138 cm³/mol. The number of rotatable bonds is 5. The second-order valence-electron chi connectivity index (χ2n) is 8.94. The molecule has 0 saturated carbocycles. The molecule has 198 valence electrons. The van der Waals surface area contributed by atoms with Crippen LogP contribution in [0, 0.1) is 10.8 Å². The number of esters is 1. The number of aliphatic hydroxyl groups is 1. The van der Waals surface area contributed by atoms with E-state index in [0.29, 0.717) is 44.1 Å². The van der Waals surface area contributed by atoms with Crippen LogP contribution in [0.15, 0.2) is 64.9 Å². The fraction of sp³-hybridized carbons (Fsp3) is 0.519. The maximum atomic E-state index is 12.4. The van der Waals surface area contributed by atoms with Crippen molar-refractivity contribution in [3.63, 3.8) is 0 Å². The molecule has 36 heavy (non-hydrogen) atoms. The van der Waals surface area contributed by atoms with Gasteiger partial charge in [0, 0.05) is 18.4 Å². The molecule has 0 spiro atoms. The minimum Gasteiger partial charge on any atom is -0.458 e. The summed E-state index contributed by atoms with van der Waals surface area (Å²) in [7, 11) is 0. The lowest BCUT2D eigenvalue weighted by Crippen LogP contribution is -2.31. The first-order valence-corrected chi connectivity index (χ1v) is 12.1. The Morgan fingerprint density at radius 2 is 2.03 bits per heavy atom. The summed E-state index contributed by atoms with van der Waals surface area (Å²) in [4.78, 5) is 46.1. The second kappa shape index (κ2) is 17.2. The van der Waals surface area contributed by atoms with E-state index in [4.69, 9.17) is 15.2 Å². The number of primary amides is 1. The number of nitrogens with two attached hydrogens (primary N) is 1. The Kier molecular flexibility index (Phi) is 14.6. The predicted octanol–water partition coefficient (Wildman–Crippen LogP) is 4.61. The summed E-state index contributed by atoms with van der Waals surface area (Å²) >= 11 is 0. The van der Waals surface area contributed by atoms with Crippen LogP contribution >= 0.6 is 0 Å². The van der Waals surface area contributed by atoms with Crippen molar-refractivity contribution < 1.29 is 29.0 Å². The number of carbonyl (C=O) groups is 3. The molecule has 3 N–H and O–H groups in total. The topological polar surface area (TPSA) is 145 Å². The molecule has 0 fully saturated rings. The molecule has 1 amide bonds. The van der Waals surface area contributed by atoms with E-state index < -0.39 is 36.4 Å². The van der Waals surface area contributed by atoms with Crippen LogP contribution in [0.1, 0.15) is 59.3 Å². The minimum atomic E-state index is -1.00. The van der Waals surface area contributed by atoms with Crippen molar-refractivity contribution in [2.45, 2.75) is 83.6 Å². The maximum absolute atomic E-state index is 12.4. The van der Waals surface area contributed by atoms with Crippen molar-refractivity contribution in [2.24, 2.45) is 16.8 Å². The SMILES string of the molecule is C/C(C=O)=C\C(C)C1C/C(C)=C/C=C/CCC(OC(N)=O)C(N=O)/C=C/C(O)CCC/C=C/C(=O)O1. The van der Waals surface area contributed by atoms with Crippen LogP contribution < -0.4 is 5.73 Å². The van der Waals surface area contributed by atoms with Gasteiger partial charge in [0.2, 0.25) is 0 Å². The third-order valence-electron chi connectivity index (χ3n) is 5.65. The van der Waals surface area contributed by atoms with Crippen LogP contribution in [0.5, 0.6) is 0 Å².